The van der Waals surface area contributed by atoms with Crippen LogP contribution in [0, 0.1) is 18.8 Å². The zero-order chi connectivity index (χ0) is 23.4. The number of aromatic nitrogens is 3. The van der Waals surface area contributed by atoms with Crippen molar-refractivity contribution in [3.63, 3.8) is 0 Å². The van der Waals surface area contributed by atoms with Crippen LogP contribution in [0.3, 0.4) is 0 Å². The van der Waals surface area contributed by atoms with Crippen molar-refractivity contribution in [1.29, 1.82) is 0 Å². The van der Waals surface area contributed by atoms with Crippen LogP contribution in [-0.4, -0.2) is 27.1 Å². The Balaban J connectivity index is 1.48. The predicted molar refractivity (Wildman–Crippen MR) is 128 cm³/mol. The molecule has 0 saturated heterocycles. The molecule has 4 rings (SSSR count). The third-order valence-corrected chi connectivity index (χ3v) is 5.95. The molecule has 0 spiro atoms. The summed E-state index contributed by atoms with van der Waals surface area (Å²) in [4.78, 5) is 21.4. The van der Waals surface area contributed by atoms with Crippen LogP contribution in [0.4, 0.5) is 17.2 Å². The SMILES string of the molecule is Cc1noc(-c2ccc(NC(=O)C3CCCCC3C)cc2)c1Nc1cncc(OC(C)C)n1. The lowest BCUT2D eigenvalue weighted by Crippen LogP contribution is -2.30. The molecule has 3 aromatic rings. The van der Waals surface area contributed by atoms with Gasteiger partial charge in [0, 0.05) is 17.2 Å². The highest BCUT2D eigenvalue weighted by atomic mass is 16.5. The third kappa shape index (κ3) is 5.50. The summed E-state index contributed by atoms with van der Waals surface area (Å²) in [7, 11) is 0. The van der Waals surface area contributed by atoms with Gasteiger partial charge in [-0.25, -0.2) is 0 Å². The fraction of sp³-hybridized carbons (Fsp3) is 0.440. The van der Waals surface area contributed by atoms with Gasteiger partial charge in [-0.2, -0.15) is 4.98 Å². The van der Waals surface area contributed by atoms with E-state index in [1.807, 2.05) is 45.0 Å². The van der Waals surface area contributed by atoms with Crippen molar-refractivity contribution in [2.24, 2.45) is 11.8 Å². The zero-order valence-corrected chi connectivity index (χ0v) is 19.6. The Morgan fingerprint density at radius 3 is 2.64 bits per heavy atom. The number of hydrogen-bond acceptors (Lipinski definition) is 7. The van der Waals surface area contributed by atoms with Crippen LogP contribution >= 0.6 is 0 Å². The minimum absolute atomic E-state index is 0.00256. The predicted octanol–water partition coefficient (Wildman–Crippen LogP) is 5.74. The minimum Gasteiger partial charge on any atom is -0.474 e. The number of rotatable bonds is 7. The van der Waals surface area contributed by atoms with E-state index in [-0.39, 0.29) is 17.9 Å². The number of amides is 1. The number of ether oxygens (including phenoxy) is 1. The lowest BCUT2D eigenvalue weighted by Gasteiger charge is -2.27. The molecule has 174 valence electrons. The fourth-order valence-electron chi connectivity index (χ4n) is 4.19. The molecule has 1 aromatic carbocycles. The first-order valence-electron chi connectivity index (χ1n) is 11.5. The largest absolute Gasteiger partial charge is 0.474 e. The highest BCUT2D eigenvalue weighted by Crippen LogP contribution is 2.34. The van der Waals surface area contributed by atoms with Gasteiger partial charge >= 0.3 is 0 Å². The van der Waals surface area contributed by atoms with Crippen molar-refractivity contribution in [2.75, 3.05) is 10.6 Å². The van der Waals surface area contributed by atoms with Crippen LogP contribution < -0.4 is 15.4 Å². The molecule has 2 atom stereocenters. The second-order valence-corrected chi connectivity index (χ2v) is 8.94. The van der Waals surface area contributed by atoms with E-state index in [0.29, 0.717) is 34.8 Å². The van der Waals surface area contributed by atoms with Gasteiger partial charge in [-0.05, 0) is 63.8 Å². The molecular weight excluding hydrogens is 418 g/mol. The van der Waals surface area contributed by atoms with Crippen molar-refractivity contribution in [3.05, 3.63) is 42.4 Å². The summed E-state index contributed by atoms with van der Waals surface area (Å²) < 4.78 is 11.2. The van der Waals surface area contributed by atoms with E-state index < -0.39 is 0 Å². The Kier molecular flexibility index (Phi) is 6.91. The second kappa shape index (κ2) is 10.0. The average molecular weight is 450 g/mol. The van der Waals surface area contributed by atoms with Gasteiger partial charge in [-0.1, -0.05) is 24.9 Å². The Bertz CT molecular complexity index is 1090. The van der Waals surface area contributed by atoms with Crippen molar-refractivity contribution in [3.8, 4) is 17.2 Å². The monoisotopic (exact) mass is 449 g/mol. The summed E-state index contributed by atoms with van der Waals surface area (Å²) in [6, 6.07) is 7.60. The lowest BCUT2D eigenvalue weighted by molar-refractivity contribution is -0.122. The van der Waals surface area contributed by atoms with E-state index in [0.717, 1.165) is 30.5 Å². The number of carbonyl (C=O) groups excluding carboxylic acids is 1. The molecule has 1 amide bonds. The van der Waals surface area contributed by atoms with E-state index in [1.165, 1.54) is 6.42 Å². The zero-order valence-electron chi connectivity index (χ0n) is 19.6. The molecule has 2 heterocycles. The Morgan fingerprint density at radius 2 is 1.91 bits per heavy atom. The molecule has 1 fully saturated rings. The standard InChI is InChI=1S/C25H31N5O3/c1-15(2)32-22-14-26-13-21(28-22)29-23-17(4)30-33-24(23)18-9-11-19(12-10-18)27-25(31)20-8-6-5-7-16(20)3/h9-16,20H,5-8H2,1-4H3,(H,27,31)(H,28,29). The van der Waals surface area contributed by atoms with E-state index in [4.69, 9.17) is 9.26 Å². The summed E-state index contributed by atoms with van der Waals surface area (Å²) in [5, 5.41) is 10.4. The molecule has 2 aromatic heterocycles. The molecule has 0 radical (unpaired) electrons. The summed E-state index contributed by atoms with van der Waals surface area (Å²) in [5.74, 6) is 2.18. The topological polar surface area (TPSA) is 102 Å². The summed E-state index contributed by atoms with van der Waals surface area (Å²) >= 11 is 0. The highest BCUT2D eigenvalue weighted by Gasteiger charge is 2.27. The first-order chi connectivity index (χ1) is 15.9. The van der Waals surface area contributed by atoms with E-state index in [1.54, 1.807) is 12.4 Å². The number of aryl methyl sites for hydroxylation is 1. The van der Waals surface area contributed by atoms with Crippen LogP contribution in [0.2, 0.25) is 0 Å². The molecule has 0 bridgehead atoms. The first kappa shape index (κ1) is 22.8. The number of nitrogens with one attached hydrogen (secondary N) is 2. The fourth-order valence-corrected chi connectivity index (χ4v) is 4.19. The van der Waals surface area contributed by atoms with Gasteiger partial charge in [0.1, 0.15) is 11.4 Å². The minimum atomic E-state index is 0.00256. The van der Waals surface area contributed by atoms with Crippen molar-refractivity contribution in [2.45, 2.75) is 59.5 Å². The van der Waals surface area contributed by atoms with E-state index >= 15 is 0 Å². The lowest BCUT2D eigenvalue weighted by atomic mass is 9.80. The van der Waals surface area contributed by atoms with Gasteiger partial charge in [0.25, 0.3) is 0 Å². The number of carbonyl (C=O) groups is 1. The number of nitrogens with zero attached hydrogens (tertiary/aromatic N) is 3. The second-order valence-electron chi connectivity index (χ2n) is 8.94. The molecule has 33 heavy (non-hydrogen) atoms. The quantitative estimate of drug-likeness (QED) is 0.474. The maximum Gasteiger partial charge on any atom is 0.234 e. The van der Waals surface area contributed by atoms with Gasteiger partial charge in [0.2, 0.25) is 11.8 Å². The van der Waals surface area contributed by atoms with Crippen LogP contribution in [0.5, 0.6) is 5.88 Å². The summed E-state index contributed by atoms with van der Waals surface area (Å²) in [6.45, 7) is 7.90. The molecule has 8 nitrogen and oxygen atoms in total. The van der Waals surface area contributed by atoms with Gasteiger partial charge < -0.3 is 19.9 Å². The molecule has 1 aliphatic rings. The van der Waals surface area contributed by atoms with Crippen LogP contribution in [0.15, 0.2) is 41.2 Å². The maximum absolute atomic E-state index is 12.7. The number of hydrogen-bond donors (Lipinski definition) is 2. The van der Waals surface area contributed by atoms with Crippen molar-refractivity contribution < 1.29 is 14.1 Å². The molecular formula is C25H31N5O3. The van der Waals surface area contributed by atoms with Gasteiger partial charge in [-0.15, -0.1) is 0 Å². The Labute approximate surface area is 194 Å². The molecule has 1 aliphatic carbocycles. The molecule has 1 saturated carbocycles. The average Bonchev–Trinajstić information content (AvgIpc) is 3.14. The van der Waals surface area contributed by atoms with E-state index in [2.05, 4.69) is 32.7 Å². The summed E-state index contributed by atoms with van der Waals surface area (Å²) in [5.41, 5.74) is 3.02. The van der Waals surface area contributed by atoms with Gasteiger partial charge in [0.15, 0.2) is 11.6 Å². The molecule has 0 aliphatic heterocycles. The van der Waals surface area contributed by atoms with Crippen molar-refractivity contribution >= 4 is 23.1 Å². The Hall–Kier alpha value is -3.42. The summed E-state index contributed by atoms with van der Waals surface area (Å²) in [6.07, 6.45) is 7.62. The number of benzene rings is 1. The maximum atomic E-state index is 12.7. The molecule has 8 heteroatoms. The number of anilines is 3. The third-order valence-electron chi connectivity index (χ3n) is 5.95. The highest BCUT2D eigenvalue weighted by molar-refractivity contribution is 5.93. The van der Waals surface area contributed by atoms with Crippen LogP contribution in [-0.2, 0) is 4.79 Å². The first-order valence-corrected chi connectivity index (χ1v) is 11.5. The van der Waals surface area contributed by atoms with Gasteiger partial charge in [-0.3, -0.25) is 9.78 Å². The smallest absolute Gasteiger partial charge is 0.234 e. The normalized spacial score (nSPS) is 18.2. The Morgan fingerprint density at radius 1 is 1.15 bits per heavy atom. The van der Waals surface area contributed by atoms with Crippen molar-refractivity contribution in [1.82, 2.24) is 15.1 Å². The molecule has 2 N–H and O–H groups in total. The van der Waals surface area contributed by atoms with Gasteiger partial charge in [0.05, 0.1) is 18.5 Å². The molecule has 2 unspecified atom stereocenters. The van der Waals surface area contributed by atoms with E-state index in [9.17, 15) is 4.79 Å². The van der Waals surface area contributed by atoms with Crippen LogP contribution in [0.1, 0.15) is 52.1 Å². The van der Waals surface area contributed by atoms with Crippen LogP contribution in [0.25, 0.3) is 11.3 Å².